The van der Waals surface area contributed by atoms with Crippen molar-refractivity contribution in [2.75, 3.05) is 12.3 Å². The number of hydrogen-bond acceptors (Lipinski definition) is 4. The molecule has 0 amide bonds. The van der Waals surface area contributed by atoms with Gasteiger partial charge in [-0.2, -0.15) is 0 Å². The number of ether oxygens (including phenoxy) is 1. The van der Waals surface area contributed by atoms with E-state index in [4.69, 9.17) is 22.1 Å². The predicted molar refractivity (Wildman–Crippen MR) is 79.9 cm³/mol. The molecule has 2 aromatic rings. The molecule has 0 bridgehead atoms. The first-order chi connectivity index (χ1) is 9.02. The minimum absolute atomic E-state index is 0.339. The molecule has 1 aromatic heterocycles. The number of rotatable bonds is 3. The van der Waals surface area contributed by atoms with Gasteiger partial charge in [-0.15, -0.1) is 11.3 Å². The summed E-state index contributed by atoms with van der Waals surface area (Å²) in [6.45, 7) is 4.08. The van der Waals surface area contributed by atoms with Gasteiger partial charge in [-0.05, 0) is 43.2 Å². The van der Waals surface area contributed by atoms with Crippen LogP contribution in [-0.4, -0.2) is 12.6 Å². The zero-order chi connectivity index (χ0) is 14.0. The van der Waals surface area contributed by atoms with Gasteiger partial charge in [0, 0.05) is 9.90 Å². The molecule has 3 nitrogen and oxygen atoms in total. The van der Waals surface area contributed by atoms with E-state index in [1.165, 1.54) is 11.3 Å². The van der Waals surface area contributed by atoms with Crippen LogP contribution in [0.1, 0.15) is 22.2 Å². The molecule has 0 radical (unpaired) electrons. The Bertz CT molecular complexity index is 622. The lowest BCUT2D eigenvalue weighted by Gasteiger charge is -2.03. The van der Waals surface area contributed by atoms with Crippen LogP contribution in [0.3, 0.4) is 0 Å². The van der Waals surface area contributed by atoms with E-state index in [1.807, 2.05) is 25.1 Å². The van der Waals surface area contributed by atoms with Gasteiger partial charge in [0.1, 0.15) is 4.88 Å². The topological polar surface area (TPSA) is 52.3 Å². The van der Waals surface area contributed by atoms with Crippen molar-refractivity contribution in [2.24, 2.45) is 0 Å². The van der Waals surface area contributed by atoms with Gasteiger partial charge in [0.25, 0.3) is 0 Å². The third kappa shape index (κ3) is 2.91. The standard InChI is InChI=1S/C14H14ClNO2S/c1-3-18-14(17)13-11(16)7-12(19-13)10-5-4-9(15)6-8(10)2/h4-7H,3,16H2,1-2H3. The van der Waals surface area contributed by atoms with Gasteiger partial charge in [-0.25, -0.2) is 4.79 Å². The highest BCUT2D eigenvalue weighted by Gasteiger charge is 2.17. The van der Waals surface area contributed by atoms with Crippen LogP contribution in [0.4, 0.5) is 5.69 Å². The summed E-state index contributed by atoms with van der Waals surface area (Å²) in [5.74, 6) is -0.372. The van der Waals surface area contributed by atoms with Crippen LogP contribution < -0.4 is 5.73 Å². The molecule has 0 atom stereocenters. The number of nitrogen functional groups attached to an aromatic ring is 1. The molecule has 2 N–H and O–H groups in total. The molecule has 0 unspecified atom stereocenters. The number of nitrogens with two attached hydrogens (primary N) is 1. The molecule has 0 aliphatic heterocycles. The minimum Gasteiger partial charge on any atom is -0.462 e. The first kappa shape index (κ1) is 13.9. The molecule has 1 aromatic carbocycles. The van der Waals surface area contributed by atoms with Crippen LogP contribution >= 0.6 is 22.9 Å². The summed E-state index contributed by atoms with van der Waals surface area (Å²) in [7, 11) is 0. The predicted octanol–water partition coefficient (Wildman–Crippen LogP) is 4.14. The zero-order valence-electron chi connectivity index (χ0n) is 10.7. The Morgan fingerprint density at radius 3 is 2.79 bits per heavy atom. The maximum Gasteiger partial charge on any atom is 0.350 e. The highest BCUT2D eigenvalue weighted by molar-refractivity contribution is 7.18. The summed E-state index contributed by atoms with van der Waals surface area (Å²) in [5, 5.41) is 0.691. The number of hydrogen-bond donors (Lipinski definition) is 1. The molecule has 0 aliphatic rings. The Morgan fingerprint density at radius 1 is 1.42 bits per heavy atom. The fourth-order valence-corrected chi connectivity index (χ4v) is 3.09. The molecular formula is C14H14ClNO2S. The summed E-state index contributed by atoms with van der Waals surface area (Å²) < 4.78 is 4.98. The number of aryl methyl sites for hydroxylation is 1. The largest absolute Gasteiger partial charge is 0.462 e. The van der Waals surface area contributed by atoms with Crippen LogP contribution in [0.5, 0.6) is 0 Å². The highest BCUT2D eigenvalue weighted by atomic mass is 35.5. The molecule has 0 saturated carbocycles. The zero-order valence-corrected chi connectivity index (χ0v) is 12.3. The number of carbonyl (C=O) groups excluding carboxylic acids is 1. The summed E-state index contributed by atoms with van der Waals surface area (Å²) in [6.07, 6.45) is 0. The Labute approximate surface area is 121 Å². The summed E-state index contributed by atoms with van der Waals surface area (Å²) >= 11 is 7.28. The van der Waals surface area contributed by atoms with Crippen LogP contribution in [0.15, 0.2) is 24.3 Å². The Kier molecular flexibility index (Phi) is 4.12. The van der Waals surface area contributed by atoms with E-state index in [0.717, 1.165) is 16.0 Å². The van der Waals surface area contributed by atoms with Crippen molar-refractivity contribution in [2.45, 2.75) is 13.8 Å². The van der Waals surface area contributed by atoms with Crippen LogP contribution in [-0.2, 0) is 4.74 Å². The second-order valence-electron chi connectivity index (χ2n) is 4.07. The Hall–Kier alpha value is -1.52. The second kappa shape index (κ2) is 5.63. The third-order valence-corrected chi connectivity index (χ3v) is 4.07. The number of benzene rings is 1. The fourth-order valence-electron chi connectivity index (χ4n) is 1.80. The van der Waals surface area contributed by atoms with Gasteiger partial charge in [-0.1, -0.05) is 17.7 Å². The lowest BCUT2D eigenvalue weighted by atomic mass is 10.1. The van der Waals surface area contributed by atoms with Crippen molar-refractivity contribution >= 4 is 34.6 Å². The number of anilines is 1. The molecule has 0 spiro atoms. The van der Waals surface area contributed by atoms with Crippen molar-refractivity contribution in [1.82, 2.24) is 0 Å². The lowest BCUT2D eigenvalue weighted by Crippen LogP contribution is -2.04. The van der Waals surface area contributed by atoms with Crippen molar-refractivity contribution in [3.8, 4) is 10.4 Å². The maximum absolute atomic E-state index is 11.7. The van der Waals surface area contributed by atoms with E-state index in [0.29, 0.717) is 22.2 Å². The van der Waals surface area contributed by atoms with Crippen LogP contribution in [0, 0.1) is 6.92 Å². The van der Waals surface area contributed by atoms with E-state index in [9.17, 15) is 4.79 Å². The number of esters is 1. The monoisotopic (exact) mass is 295 g/mol. The second-order valence-corrected chi connectivity index (χ2v) is 5.56. The van der Waals surface area contributed by atoms with Crippen LogP contribution in [0.2, 0.25) is 5.02 Å². The molecule has 0 aliphatic carbocycles. The highest BCUT2D eigenvalue weighted by Crippen LogP contribution is 2.36. The molecule has 5 heteroatoms. The average Bonchev–Trinajstić information content (AvgIpc) is 2.71. The van der Waals surface area contributed by atoms with Gasteiger partial charge >= 0.3 is 5.97 Å². The number of carbonyl (C=O) groups is 1. The number of halogens is 1. The van der Waals surface area contributed by atoms with Crippen molar-refractivity contribution in [3.63, 3.8) is 0 Å². The van der Waals surface area contributed by atoms with Crippen LogP contribution in [0.25, 0.3) is 10.4 Å². The molecule has 1 heterocycles. The van der Waals surface area contributed by atoms with Gasteiger partial charge < -0.3 is 10.5 Å². The maximum atomic E-state index is 11.7. The van der Waals surface area contributed by atoms with Gasteiger partial charge in [0.05, 0.1) is 12.3 Å². The normalized spacial score (nSPS) is 10.5. The Balaban J connectivity index is 2.42. The molecular weight excluding hydrogens is 282 g/mol. The van der Waals surface area contributed by atoms with E-state index < -0.39 is 0 Å². The van der Waals surface area contributed by atoms with Crippen molar-refractivity contribution in [3.05, 3.63) is 39.7 Å². The smallest absolute Gasteiger partial charge is 0.350 e. The van der Waals surface area contributed by atoms with E-state index in [1.54, 1.807) is 13.0 Å². The fraction of sp³-hybridized carbons (Fsp3) is 0.214. The number of thiophene rings is 1. The average molecular weight is 296 g/mol. The van der Waals surface area contributed by atoms with Gasteiger partial charge in [0.2, 0.25) is 0 Å². The third-order valence-electron chi connectivity index (χ3n) is 2.68. The molecule has 100 valence electrons. The molecule has 19 heavy (non-hydrogen) atoms. The first-order valence-corrected chi connectivity index (χ1v) is 7.05. The molecule has 0 saturated heterocycles. The summed E-state index contributed by atoms with van der Waals surface area (Å²) in [5.41, 5.74) is 8.40. The quantitative estimate of drug-likeness (QED) is 0.866. The SMILES string of the molecule is CCOC(=O)c1sc(-c2ccc(Cl)cc2C)cc1N. The van der Waals surface area contributed by atoms with E-state index in [-0.39, 0.29) is 5.97 Å². The lowest BCUT2D eigenvalue weighted by molar-refractivity contribution is 0.0533. The minimum atomic E-state index is -0.372. The van der Waals surface area contributed by atoms with Gasteiger partial charge in [-0.3, -0.25) is 0 Å². The first-order valence-electron chi connectivity index (χ1n) is 5.86. The summed E-state index contributed by atoms with van der Waals surface area (Å²) in [6, 6.07) is 7.44. The molecule has 0 fully saturated rings. The van der Waals surface area contributed by atoms with E-state index in [2.05, 4.69) is 0 Å². The molecule has 2 rings (SSSR count). The van der Waals surface area contributed by atoms with Gasteiger partial charge in [0.15, 0.2) is 0 Å². The summed E-state index contributed by atoms with van der Waals surface area (Å²) in [4.78, 5) is 13.1. The van der Waals surface area contributed by atoms with Crippen molar-refractivity contribution < 1.29 is 9.53 Å². The van der Waals surface area contributed by atoms with E-state index >= 15 is 0 Å². The van der Waals surface area contributed by atoms with Crippen molar-refractivity contribution in [1.29, 1.82) is 0 Å². The Morgan fingerprint density at radius 2 is 2.16 bits per heavy atom.